The first-order chi connectivity index (χ1) is 18.4. The molecular formula is C20H33N4NaO16. The Morgan fingerprint density at radius 3 is 0.463 bits per heavy atom. The number of nitrogens with zero attached hydrogens (tertiary/aromatic N) is 4. The first-order valence-electron chi connectivity index (χ1n) is 11.0. The Morgan fingerprint density at radius 2 is 0.390 bits per heavy atom. The molecule has 0 aromatic carbocycles. The fourth-order valence-electron chi connectivity index (χ4n) is 2.95. The number of aliphatic carboxylic acids is 8. The predicted octanol–water partition coefficient (Wildman–Crippen LogP) is -4.79. The Hall–Kier alpha value is -3.40. The van der Waals surface area contributed by atoms with Gasteiger partial charge >= 0.3 is 77.3 Å². The third-order valence-electron chi connectivity index (χ3n) is 4.34. The Bertz CT molecular complexity index is 710. The molecule has 0 bridgehead atoms. The quantitative estimate of drug-likeness (QED) is 0.0534. The van der Waals surface area contributed by atoms with E-state index in [9.17, 15) is 38.4 Å². The van der Waals surface area contributed by atoms with E-state index in [1.165, 1.54) is 0 Å². The molecule has 0 amide bonds. The summed E-state index contributed by atoms with van der Waals surface area (Å²) in [5.74, 6) is -9.82. The van der Waals surface area contributed by atoms with Crippen LogP contribution in [0.5, 0.6) is 0 Å². The van der Waals surface area contributed by atoms with E-state index in [2.05, 4.69) is 0 Å². The van der Waals surface area contributed by atoms with Crippen molar-refractivity contribution in [2.45, 2.75) is 0 Å². The maximum atomic E-state index is 10.6. The molecule has 0 aliphatic carbocycles. The Labute approximate surface area is 254 Å². The van der Waals surface area contributed by atoms with E-state index in [0.29, 0.717) is 0 Å². The van der Waals surface area contributed by atoms with E-state index in [-0.39, 0.29) is 55.7 Å². The SMILES string of the molecule is O=C(O)CN(CCN(CC(=O)O)CC(=O)O)CC(=O)O.O=C(O)CN(CCN(CC(=O)O)CC(=O)O)CC(=O)O.[NaH]. The van der Waals surface area contributed by atoms with Gasteiger partial charge in [-0.3, -0.25) is 58.0 Å². The van der Waals surface area contributed by atoms with Crippen LogP contribution in [0, 0.1) is 0 Å². The van der Waals surface area contributed by atoms with Crippen molar-refractivity contribution in [1.29, 1.82) is 0 Å². The molecule has 0 aromatic rings. The van der Waals surface area contributed by atoms with Crippen LogP contribution in [0.25, 0.3) is 0 Å². The second-order valence-corrected chi connectivity index (χ2v) is 7.99. The summed E-state index contributed by atoms with van der Waals surface area (Å²) in [6, 6.07) is 0. The predicted molar refractivity (Wildman–Crippen MR) is 134 cm³/mol. The summed E-state index contributed by atoms with van der Waals surface area (Å²) in [5, 5.41) is 68.9. The van der Waals surface area contributed by atoms with E-state index in [1.54, 1.807) is 0 Å². The Kier molecular flexibility index (Phi) is 23.9. The van der Waals surface area contributed by atoms with E-state index in [0.717, 1.165) is 19.6 Å². The van der Waals surface area contributed by atoms with Crippen LogP contribution in [-0.2, 0) is 38.4 Å². The number of rotatable bonds is 22. The third-order valence-corrected chi connectivity index (χ3v) is 4.34. The number of carboxylic acid groups (broad SMARTS) is 8. The topological polar surface area (TPSA) is 311 Å². The first kappa shape index (κ1) is 42.1. The van der Waals surface area contributed by atoms with Crippen molar-refractivity contribution in [2.75, 3.05) is 78.5 Å². The molecule has 0 radical (unpaired) electrons. The van der Waals surface area contributed by atoms with E-state index >= 15 is 0 Å². The van der Waals surface area contributed by atoms with E-state index in [4.69, 9.17) is 40.9 Å². The summed E-state index contributed by atoms with van der Waals surface area (Å²) in [6.07, 6.45) is 0. The van der Waals surface area contributed by atoms with Gasteiger partial charge in [0.05, 0.1) is 52.4 Å². The van der Waals surface area contributed by atoms with Crippen LogP contribution in [0.4, 0.5) is 0 Å². The summed E-state index contributed by atoms with van der Waals surface area (Å²) < 4.78 is 0. The van der Waals surface area contributed by atoms with Gasteiger partial charge in [-0.2, -0.15) is 0 Å². The zero-order chi connectivity index (χ0) is 31.4. The van der Waals surface area contributed by atoms with Gasteiger partial charge in [-0.25, -0.2) is 0 Å². The van der Waals surface area contributed by atoms with Crippen LogP contribution in [-0.4, -0.2) is 216 Å². The number of carbonyl (C=O) groups is 8. The van der Waals surface area contributed by atoms with Gasteiger partial charge in [0.25, 0.3) is 0 Å². The Balaban J connectivity index is -0.000000688. The van der Waals surface area contributed by atoms with Crippen LogP contribution in [0.15, 0.2) is 0 Å². The fourth-order valence-corrected chi connectivity index (χ4v) is 2.95. The summed E-state index contributed by atoms with van der Waals surface area (Å²) in [6.45, 7) is -4.50. The summed E-state index contributed by atoms with van der Waals surface area (Å²) in [4.78, 5) is 88.7. The van der Waals surface area contributed by atoms with Crippen molar-refractivity contribution < 1.29 is 79.2 Å². The minimum atomic E-state index is -1.23. The molecular weight excluding hydrogens is 575 g/mol. The van der Waals surface area contributed by atoms with Crippen molar-refractivity contribution in [3.8, 4) is 0 Å². The fraction of sp³-hybridized carbons (Fsp3) is 0.600. The monoisotopic (exact) mass is 608 g/mol. The zero-order valence-corrected chi connectivity index (χ0v) is 21.1. The van der Waals surface area contributed by atoms with Gasteiger partial charge in [0.15, 0.2) is 0 Å². The van der Waals surface area contributed by atoms with Gasteiger partial charge in [-0.15, -0.1) is 0 Å². The van der Waals surface area contributed by atoms with Crippen LogP contribution in [0.2, 0.25) is 0 Å². The number of hydrogen-bond donors (Lipinski definition) is 8. The standard InChI is InChI=1S/2C10H16N2O8.Na.H/c2*13-7(14)3-11(4-8(15)16)1-2-12(5-9(17)18)6-10(19)20;;/h2*1-6H2,(H,13,14)(H,15,16)(H,17,18)(H,19,20);;. The molecule has 0 saturated carbocycles. The van der Waals surface area contributed by atoms with E-state index in [1.807, 2.05) is 0 Å². The second-order valence-electron chi connectivity index (χ2n) is 7.99. The van der Waals surface area contributed by atoms with Crippen LogP contribution in [0.3, 0.4) is 0 Å². The van der Waals surface area contributed by atoms with Crippen LogP contribution < -0.4 is 0 Å². The van der Waals surface area contributed by atoms with Gasteiger partial charge < -0.3 is 40.9 Å². The molecule has 0 aromatic heterocycles. The summed E-state index contributed by atoms with van der Waals surface area (Å²) in [5.41, 5.74) is 0. The maximum absolute atomic E-state index is 10.6. The second kappa shape index (κ2) is 23.3. The molecule has 21 heteroatoms. The van der Waals surface area contributed by atoms with Gasteiger partial charge in [0, 0.05) is 26.2 Å². The molecule has 0 fully saturated rings. The molecule has 0 atom stereocenters. The number of hydrogen-bond acceptors (Lipinski definition) is 12. The molecule has 230 valence electrons. The Morgan fingerprint density at radius 1 is 0.293 bits per heavy atom. The van der Waals surface area contributed by atoms with E-state index < -0.39 is 100 Å². The molecule has 0 aliphatic heterocycles. The average molecular weight is 608 g/mol. The van der Waals surface area contributed by atoms with Crippen LogP contribution >= 0.6 is 0 Å². The molecule has 8 N–H and O–H groups in total. The van der Waals surface area contributed by atoms with Gasteiger partial charge in [0.2, 0.25) is 0 Å². The first-order valence-corrected chi connectivity index (χ1v) is 11.0. The molecule has 41 heavy (non-hydrogen) atoms. The van der Waals surface area contributed by atoms with Crippen molar-refractivity contribution in [2.24, 2.45) is 0 Å². The van der Waals surface area contributed by atoms with Gasteiger partial charge in [0.1, 0.15) is 0 Å². The molecule has 0 unspecified atom stereocenters. The minimum absolute atomic E-state index is 0. The molecule has 0 aliphatic rings. The average Bonchev–Trinajstić information content (AvgIpc) is 2.72. The van der Waals surface area contributed by atoms with Crippen molar-refractivity contribution in [3.05, 3.63) is 0 Å². The summed E-state index contributed by atoms with van der Waals surface area (Å²) in [7, 11) is 0. The summed E-state index contributed by atoms with van der Waals surface area (Å²) >= 11 is 0. The molecule has 0 heterocycles. The molecule has 0 rings (SSSR count). The molecule has 0 spiro atoms. The zero-order valence-electron chi connectivity index (χ0n) is 21.1. The normalized spacial score (nSPS) is 10.4. The van der Waals surface area contributed by atoms with Crippen molar-refractivity contribution in [3.63, 3.8) is 0 Å². The molecule has 20 nitrogen and oxygen atoms in total. The van der Waals surface area contributed by atoms with Crippen molar-refractivity contribution >= 4 is 77.3 Å². The molecule has 0 saturated heterocycles. The number of carboxylic acids is 8. The van der Waals surface area contributed by atoms with Crippen LogP contribution in [0.1, 0.15) is 0 Å². The van der Waals surface area contributed by atoms with Gasteiger partial charge in [-0.05, 0) is 0 Å². The van der Waals surface area contributed by atoms with Crippen molar-refractivity contribution in [1.82, 2.24) is 19.6 Å². The third kappa shape index (κ3) is 29.4. The van der Waals surface area contributed by atoms with Gasteiger partial charge in [-0.1, -0.05) is 0 Å².